The van der Waals surface area contributed by atoms with Crippen molar-refractivity contribution in [2.75, 3.05) is 26.4 Å². The Bertz CT molecular complexity index is 460. The van der Waals surface area contributed by atoms with Crippen LogP contribution in [0.5, 0.6) is 5.75 Å². The first-order valence-electron chi connectivity index (χ1n) is 12.9. The Balaban J connectivity index is 1.83. The van der Waals surface area contributed by atoms with Crippen molar-refractivity contribution in [3.8, 4) is 5.75 Å². The predicted octanol–water partition coefficient (Wildman–Crippen LogP) is 7.67. The zero-order valence-corrected chi connectivity index (χ0v) is 20.1. The van der Waals surface area contributed by atoms with Crippen molar-refractivity contribution in [2.24, 2.45) is 0 Å². The molecule has 30 heavy (non-hydrogen) atoms. The van der Waals surface area contributed by atoms with Gasteiger partial charge in [-0.2, -0.15) is 0 Å². The summed E-state index contributed by atoms with van der Waals surface area (Å²) in [6.07, 6.45) is 19.8. The number of hydrogen-bond donors (Lipinski definition) is 1. The third-order valence-corrected chi connectivity index (χ3v) is 5.66. The SMILES string of the molecule is CCCCCCCCCCCCCCCCNCc1ccc(OCCOCC)cc1. The van der Waals surface area contributed by atoms with Gasteiger partial charge in [-0.05, 0) is 37.6 Å². The van der Waals surface area contributed by atoms with Crippen molar-refractivity contribution in [3.63, 3.8) is 0 Å². The summed E-state index contributed by atoms with van der Waals surface area (Å²) in [5, 5.41) is 3.56. The van der Waals surface area contributed by atoms with Crippen LogP contribution in [0.25, 0.3) is 0 Å². The predicted molar refractivity (Wildman–Crippen MR) is 130 cm³/mol. The summed E-state index contributed by atoms with van der Waals surface area (Å²) in [6, 6.07) is 8.40. The summed E-state index contributed by atoms with van der Waals surface area (Å²) in [6.45, 7) is 8.36. The normalized spacial score (nSPS) is 11.1. The van der Waals surface area contributed by atoms with Crippen molar-refractivity contribution in [2.45, 2.75) is 110 Å². The molecule has 0 bridgehead atoms. The first-order chi connectivity index (χ1) is 14.9. The lowest BCUT2D eigenvalue weighted by Gasteiger charge is -2.08. The molecule has 1 N–H and O–H groups in total. The Hall–Kier alpha value is -1.06. The van der Waals surface area contributed by atoms with Crippen molar-refractivity contribution < 1.29 is 9.47 Å². The molecule has 1 aromatic rings. The van der Waals surface area contributed by atoms with E-state index >= 15 is 0 Å². The van der Waals surface area contributed by atoms with Crippen molar-refractivity contribution in [1.82, 2.24) is 5.32 Å². The largest absolute Gasteiger partial charge is 0.491 e. The topological polar surface area (TPSA) is 30.5 Å². The van der Waals surface area contributed by atoms with Crippen molar-refractivity contribution in [3.05, 3.63) is 29.8 Å². The Morgan fingerprint density at radius 3 is 1.70 bits per heavy atom. The molecule has 174 valence electrons. The standard InChI is InChI=1S/C27H49NO2/c1-3-5-6-7-8-9-10-11-12-13-14-15-16-17-22-28-25-26-18-20-27(21-19-26)30-24-23-29-4-2/h18-21,28H,3-17,22-25H2,1-2H3. The van der Waals surface area contributed by atoms with E-state index in [1.54, 1.807) is 0 Å². The third-order valence-electron chi connectivity index (χ3n) is 5.66. The first kappa shape index (κ1) is 27.0. The summed E-state index contributed by atoms with van der Waals surface area (Å²) in [5.41, 5.74) is 1.32. The van der Waals surface area contributed by atoms with Crippen molar-refractivity contribution in [1.29, 1.82) is 0 Å². The van der Waals surface area contributed by atoms with E-state index < -0.39 is 0 Å². The van der Waals surface area contributed by atoms with Crippen LogP contribution < -0.4 is 10.1 Å². The van der Waals surface area contributed by atoms with E-state index in [1.165, 1.54) is 95.5 Å². The van der Waals surface area contributed by atoms with Crippen LogP contribution in [-0.2, 0) is 11.3 Å². The number of ether oxygens (including phenoxy) is 2. The maximum atomic E-state index is 5.65. The fraction of sp³-hybridized carbons (Fsp3) is 0.778. The molecule has 1 aromatic carbocycles. The van der Waals surface area contributed by atoms with E-state index in [1.807, 2.05) is 6.92 Å². The minimum atomic E-state index is 0.616. The maximum absolute atomic E-state index is 5.65. The van der Waals surface area contributed by atoms with Gasteiger partial charge in [-0.25, -0.2) is 0 Å². The summed E-state index contributed by atoms with van der Waals surface area (Å²) < 4.78 is 10.9. The second-order valence-electron chi connectivity index (χ2n) is 8.46. The van der Waals surface area contributed by atoms with E-state index in [4.69, 9.17) is 9.47 Å². The molecule has 0 saturated heterocycles. The van der Waals surface area contributed by atoms with E-state index in [0.29, 0.717) is 13.2 Å². The number of nitrogens with one attached hydrogen (secondary N) is 1. The summed E-state index contributed by atoms with van der Waals surface area (Å²) in [4.78, 5) is 0. The molecule has 0 fully saturated rings. The van der Waals surface area contributed by atoms with Crippen LogP contribution in [0.1, 0.15) is 109 Å². The van der Waals surface area contributed by atoms with Crippen molar-refractivity contribution >= 4 is 0 Å². The van der Waals surface area contributed by atoms with Crippen LogP contribution in [0.3, 0.4) is 0 Å². The number of benzene rings is 1. The molecule has 0 heterocycles. The highest BCUT2D eigenvalue weighted by Crippen LogP contribution is 2.13. The molecular formula is C27H49NO2. The molecule has 0 amide bonds. The smallest absolute Gasteiger partial charge is 0.119 e. The molecule has 0 unspecified atom stereocenters. The lowest BCUT2D eigenvalue weighted by atomic mass is 10.0. The summed E-state index contributed by atoms with van der Waals surface area (Å²) in [7, 11) is 0. The van der Waals surface area contributed by atoms with Gasteiger partial charge in [-0.15, -0.1) is 0 Å². The first-order valence-corrected chi connectivity index (χ1v) is 12.9. The van der Waals surface area contributed by atoms with Gasteiger partial charge >= 0.3 is 0 Å². The van der Waals surface area contributed by atoms with Crippen LogP contribution in [0.4, 0.5) is 0 Å². The van der Waals surface area contributed by atoms with Gasteiger partial charge in [0.1, 0.15) is 12.4 Å². The molecule has 0 radical (unpaired) electrons. The van der Waals surface area contributed by atoms with Crippen LogP contribution >= 0.6 is 0 Å². The molecule has 0 spiro atoms. The zero-order chi connectivity index (χ0) is 21.5. The van der Waals surface area contributed by atoms with Gasteiger partial charge in [-0.1, -0.05) is 103 Å². The van der Waals surface area contributed by atoms with Gasteiger partial charge in [-0.3, -0.25) is 0 Å². The molecule has 3 heteroatoms. The average molecular weight is 420 g/mol. The summed E-state index contributed by atoms with van der Waals surface area (Å²) >= 11 is 0. The Morgan fingerprint density at radius 1 is 0.633 bits per heavy atom. The highest BCUT2D eigenvalue weighted by Gasteiger charge is 1.97. The second-order valence-corrected chi connectivity index (χ2v) is 8.46. The van der Waals surface area contributed by atoms with E-state index in [2.05, 4.69) is 36.5 Å². The lowest BCUT2D eigenvalue weighted by Crippen LogP contribution is -2.14. The molecule has 0 atom stereocenters. The molecule has 0 aliphatic heterocycles. The lowest BCUT2D eigenvalue weighted by molar-refractivity contribution is 0.110. The van der Waals surface area contributed by atoms with Crippen LogP contribution in [0, 0.1) is 0 Å². The minimum absolute atomic E-state index is 0.616. The van der Waals surface area contributed by atoms with Gasteiger partial charge in [0.05, 0.1) is 6.61 Å². The second kappa shape index (κ2) is 21.2. The summed E-state index contributed by atoms with van der Waals surface area (Å²) in [5.74, 6) is 0.922. The number of hydrogen-bond acceptors (Lipinski definition) is 3. The number of unbranched alkanes of at least 4 members (excludes halogenated alkanes) is 13. The van der Waals surface area contributed by atoms with Crippen LogP contribution in [-0.4, -0.2) is 26.4 Å². The monoisotopic (exact) mass is 419 g/mol. The number of rotatable bonds is 22. The van der Waals surface area contributed by atoms with E-state index in [9.17, 15) is 0 Å². The van der Waals surface area contributed by atoms with Gasteiger partial charge < -0.3 is 14.8 Å². The zero-order valence-electron chi connectivity index (χ0n) is 20.1. The Morgan fingerprint density at radius 2 is 1.17 bits per heavy atom. The third kappa shape index (κ3) is 16.7. The quantitative estimate of drug-likeness (QED) is 0.196. The average Bonchev–Trinajstić information content (AvgIpc) is 2.77. The Labute approximate surface area is 187 Å². The highest BCUT2D eigenvalue weighted by molar-refractivity contribution is 5.27. The van der Waals surface area contributed by atoms with Gasteiger partial charge in [0, 0.05) is 13.2 Å². The maximum Gasteiger partial charge on any atom is 0.119 e. The fourth-order valence-corrected chi connectivity index (χ4v) is 3.74. The molecule has 0 aliphatic carbocycles. The van der Waals surface area contributed by atoms with Crippen LogP contribution in [0.2, 0.25) is 0 Å². The van der Waals surface area contributed by atoms with Gasteiger partial charge in [0.15, 0.2) is 0 Å². The van der Waals surface area contributed by atoms with Gasteiger partial charge in [0.2, 0.25) is 0 Å². The highest BCUT2D eigenvalue weighted by atomic mass is 16.5. The molecule has 0 saturated carbocycles. The van der Waals surface area contributed by atoms with Gasteiger partial charge in [0.25, 0.3) is 0 Å². The molecular weight excluding hydrogens is 370 g/mol. The molecule has 0 aromatic heterocycles. The molecule has 3 nitrogen and oxygen atoms in total. The minimum Gasteiger partial charge on any atom is -0.491 e. The molecule has 0 aliphatic rings. The van der Waals surface area contributed by atoms with E-state index in [-0.39, 0.29) is 0 Å². The van der Waals surface area contributed by atoms with Crippen LogP contribution in [0.15, 0.2) is 24.3 Å². The fourth-order valence-electron chi connectivity index (χ4n) is 3.74. The molecule has 1 rings (SSSR count). The van der Waals surface area contributed by atoms with E-state index in [0.717, 1.165) is 25.4 Å². The Kier molecular flexibility index (Phi) is 19.0.